The van der Waals surface area contributed by atoms with Crippen LogP contribution < -0.4 is 10.2 Å². The molecule has 1 aliphatic rings. The molecule has 1 atom stereocenters. The van der Waals surface area contributed by atoms with E-state index in [0.717, 1.165) is 26.2 Å². The van der Waals surface area contributed by atoms with Gasteiger partial charge in [-0.2, -0.15) is 0 Å². The number of hydrogen-bond donors (Lipinski definition) is 1. The van der Waals surface area contributed by atoms with Gasteiger partial charge in [0.25, 0.3) is 0 Å². The average molecular weight is 380 g/mol. The molecule has 0 radical (unpaired) electrons. The molecule has 0 bridgehead atoms. The maximum absolute atomic E-state index is 12.8. The van der Waals surface area contributed by atoms with E-state index in [1.807, 2.05) is 19.1 Å². The third-order valence-electron chi connectivity index (χ3n) is 5.72. The molecule has 1 saturated heterocycles. The fourth-order valence-electron chi connectivity index (χ4n) is 3.73. The molecule has 1 amide bonds. The number of ketones is 1. The van der Waals surface area contributed by atoms with Crippen LogP contribution in [0.25, 0.3) is 0 Å². The minimum atomic E-state index is -0.249. The summed E-state index contributed by atoms with van der Waals surface area (Å²) >= 11 is 0. The summed E-state index contributed by atoms with van der Waals surface area (Å²) in [5.74, 6) is -0.125. The minimum Gasteiger partial charge on any atom is -0.369 e. The van der Waals surface area contributed by atoms with Crippen LogP contribution in [0.15, 0.2) is 42.5 Å². The summed E-state index contributed by atoms with van der Waals surface area (Å²) in [5.41, 5.74) is 5.04. The van der Waals surface area contributed by atoms with Gasteiger partial charge in [0.2, 0.25) is 5.91 Å². The van der Waals surface area contributed by atoms with Crippen LogP contribution >= 0.6 is 0 Å². The molecule has 3 rings (SSSR count). The van der Waals surface area contributed by atoms with Crippen LogP contribution in [0.1, 0.15) is 35.3 Å². The molecule has 0 aliphatic carbocycles. The number of rotatable bonds is 5. The van der Waals surface area contributed by atoms with E-state index in [4.69, 9.17) is 0 Å². The number of para-hydroxylation sites is 1. The number of carbonyl (C=O) groups is 2. The van der Waals surface area contributed by atoms with E-state index >= 15 is 0 Å². The highest BCUT2D eigenvalue weighted by Crippen LogP contribution is 2.24. The van der Waals surface area contributed by atoms with Gasteiger partial charge in [-0.15, -0.1) is 0 Å². The van der Waals surface area contributed by atoms with Gasteiger partial charge in [0.05, 0.1) is 11.7 Å². The Kier molecular flexibility index (Phi) is 6.15. The van der Waals surface area contributed by atoms with E-state index in [-0.39, 0.29) is 17.7 Å². The van der Waals surface area contributed by atoms with Crippen molar-refractivity contribution >= 4 is 23.1 Å². The van der Waals surface area contributed by atoms with Crippen LogP contribution in [0, 0.1) is 13.8 Å². The van der Waals surface area contributed by atoms with E-state index in [2.05, 4.69) is 47.2 Å². The highest BCUT2D eigenvalue weighted by molar-refractivity contribution is 6.04. The number of aryl methyl sites for hydroxylation is 1. The van der Waals surface area contributed by atoms with Crippen molar-refractivity contribution in [2.45, 2.75) is 33.7 Å². The maximum atomic E-state index is 12.8. The molecular formula is C23H29N3O2. The molecule has 0 unspecified atom stereocenters. The van der Waals surface area contributed by atoms with Crippen LogP contribution in [0.4, 0.5) is 11.4 Å². The van der Waals surface area contributed by atoms with Crippen molar-refractivity contribution in [1.82, 2.24) is 4.90 Å². The topological polar surface area (TPSA) is 52.7 Å². The summed E-state index contributed by atoms with van der Waals surface area (Å²) in [6, 6.07) is 13.3. The lowest BCUT2D eigenvalue weighted by Crippen LogP contribution is -2.53. The Morgan fingerprint density at radius 3 is 2.32 bits per heavy atom. The highest BCUT2D eigenvalue weighted by atomic mass is 16.2. The highest BCUT2D eigenvalue weighted by Gasteiger charge is 2.26. The molecule has 0 spiro atoms. The Labute approximate surface area is 167 Å². The first-order valence-corrected chi connectivity index (χ1v) is 9.84. The number of benzene rings is 2. The largest absolute Gasteiger partial charge is 0.369 e. The van der Waals surface area contributed by atoms with Gasteiger partial charge in [0.15, 0.2) is 5.78 Å². The van der Waals surface area contributed by atoms with E-state index < -0.39 is 0 Å². The Balaban J connectivity index is 1.62. The summed E-state index contributed by atoms with van der Waals surface area (Å²) in [6.45, 7) is 11.2. The van der Waals surface area contributed by atoms with Gasteiger partial charge in [-0.25, -0.2) is 0 Å². The summed E-state index contributed by atoms with van der Waals surface area (Å²) < 4.78 is 0. The van der Waals surface area contributed by atoms with Gasteiger partial charge < -0.3 is 10.2 Å². The van der Waals surface area contributed by atoms with Crippen molar-refractivity contribution in [3.63, 3.8) is 0 Å². The summed E-state index contributed by atoms with van der Waals surface area (Å²) in [7, 11) is 0. The number of nitrogens with zero attached hydrogens (tertiary/aromatic N) is 2. The molecule has 1 fully saturated rings. The molecule has 2 aromatic rings. The number of hydrogen-bond acceptors (Lipinski definition) is 4. The van der Waals surface area contributed by atoms with Gasteiger partial charge >= 0.3 is 0 Å². The van der Waals surface area contributed by atoms with Crippen molar-refractivity contribution in [3.05, 3.63) is 59.2 Å². The molecule has 1 N–H and O–H groups in total. The van der Waals surface area contributed by atoms with Crippen molar-refractivity contribution in [2.75, 3.05) is 36.4 Å². The molecule has 2 aromatic carbocycles. The van der Waals surface area contributed by atoms with E-state index in [1.54, 1.807) is 12.1 Å². The normalized spacial score (nSPS) is 15.9. The molecule has 5 heteroatoms. The SMILES string of the molecule is CC(=O)c1ccccc1NC(=O)[C@@H](C)N1CCN(c2cccc(C)c2C)CC1. The molecule has 5 nitrogen and oxygen atoms in total. The summed E-state index contributed by atoms with van der Waals surface area (Å²) in [4.78, 5) is 29.1. The number of nitrogens with one attached hydrogen (secondary N) is 1. The fraction of sp³-hybridized carbons (Fsp3) is 0.391. The lowest BCUT2D eigenvalue weighted by molar-refractivity contribution is -0.120. The summed E-state index contributed by atoms with van der Waals surface area (Å²) in [5, 5.41) is 2.93. The molecular weight excluding hydrogens is 350 g/mol. The van der Waals surface area contributed by atoms with Crippen molar-refractivity contribution in [2.24, 2.45) is 0 Å². The van der Waals surface area contributed by atoms with Crippen molar-refractivity contribution in [1.29, 1.82) is 0 Å². The van der Waals surface area contributed by atoms with E-state index in [0.29, 0.717) is 11.3 Å². The fourth-order valence-corrected chi connectivity index (χ4v) is 3.73. The molecule has 1 heterocycles. The minimum absolute atomic E-state index is 0.0503. The van der Waals surface area contributed by atoms with Gasteiger partial charge in [0.1, 0.15) is 0 Å². The average Bonchev–Trinajstić information content (AvgIpc) is 2.70. The smallest absolute Gasteiger partial charge is 0.241 e. The number of anilines is 2. The molecule has 0 aromatic heterocycles. The van der Waals surface area contributed by atoms with Gasteiger partial charge in [0, 0.05) is 37.4 Å². The quantitative estimate of drug-likeness (QED) is 0.806. The third kappa shape index (κ3) is 4.25. The number of carbonyl (C=O) groups excluding carboxylic acids is 2. The zero-order valence-electron chi connectivity index (χ0n) is 17.2. The van der Waals surface area contributed by atoms with Crippen molar-refractivity contribution < 1.29 is 9.59 Å². The maximum Gasteiger partial charge on any atom is 0.241 e. The lowest BCUT2D eigenvalue weighted by atomic mass is 10.1. The zero-order chi connectivity index (χ0) is 20.3. The Morgan fingerprint density at radius 2 is 1.64 bits per heavy atom. The number of Topliss-reactive ketones (excluding diaryl/α,β-unsaturated/α-hetero) is 1. The third-order valence-corrected chi connectivity index (χ3v) is 5.72. The second-order valence-electron chi connectivity index (χ2n) is 7.51. The van der Waals surface area contributed by atoms with Crippen LogP contribution in [0.3, 0.4) is 0 Å². The first kappa shape index (κ1) is 20.1. The Hall–Kier alpha value is -2.66. The first-order chi connectivity index (χ1) is 13.4. The Bertz CT molecular complexity index is 870. The van der Waals surface area contributed by atoms with Crippen LogP contribution in [0.5, 0.6) is 0 Å². The molecule has 148 valence electrons. The summed E-state index contributed by atoms with van der Waals surface area (Å²) in [6.07, 6.45) is 0. The Morgan fingerprint density at radius 1 is 0.964 bits per heavy atom. The lowest BCUT2D eigenvalue weighted by Gasteiger charge is -2.39. The van der Waals surface area contributed by atoms with E-state index in [1.165, 1.54) is 23.7 Å². The predicted octanol–water partition coefficient (Wildman–Crippen LogP) is 3.66. The van der Waals surface area contributed by atoms with Gasteiger partial charge in [-0.3, -0.25) is 14.5 Å². The second-order valence-corrected chi connectivity index (χ2v) is 7.51. The molecule has 1 aliphatic heterocycles. The van der Waals surface area contributed by atoms with Crippen molar-refractivity contribution in [3.8, 4) is 0 Å². The van der Waals surface area contributed by atoms with E-state index in [9.17, 15) is 9.59 Å². The standard InChI is InChI=1S/C23H29N3O2/c1-16-8-7-11-22(17(16)2)26-14-12-25(13-15-26)18(3)23(28)24-21-10-6-5-9-20(21)19(4)27/h5-11,18H,12-15H2,1-4H3,(H,24,28)/t18-/m1/s1. The number of amides is 1. The number of piperazine rings is 1. The van der Waals surface area contributed by atoms with Gasteiger partial charge in [-0.1, -0.05) is 24.3 Å². The molecule has 28 heavy (non-hydrogen) atoms. The second kappa shape index (κ2) is 8.57. The monoisotopic (exact) mass is 379 g/mol. The predicted molar refractivity (Wildman–Crippen MR) is 114 cm³/mol. The van der Waals surface area contributed by atoms with Crippen LogP contribution in [-0.4, -0.2) is 48.8 Å². The first-order valence-electron chi connectivity index (χ1n) is 9.84. The van der Waals surface area contributed by atoms with Crippen LogP contribution in [-0.2, 0) is 4.79 Å². The van der Waals surface area contributed by atoms with Gasteiger partial charge in [-0.05, 0) is 57.0 Å². The zero-order valence-corrected chi connectivity index (χ0v) is 17.2. The van der Waals surface area contributed by atoms with Crippen LogP contribution in [0.2, 0.25) is 0 Å². The molecule has 0 saturated carbocycles.